The van der Waals surface area contributed by atoms with E-state index in [1.54, 1.807) is 0 Å². The van der Waals surface area contributed by atoms with Crippen molar-refractivity contribution in [3.63, 3.8) is 0 Å². The number of benzene rings is 1. The van der Waals surface area contributed by atoms with E-state index in [1.807, 2.05) is 0 Å². The number of rotatable bonds is 16. The maximum atomic E-state index is 13.8. The summed E-state index contributed by atoms with van der Waals surface area (Å²) in [5, 5.41) is 10.9. The first kappa shape index (κ1) is 46.7. The van der Waals surface area contributed by atoms with Crippen LogP contribution in [0, 0.1) is 0 Å². The fourth-order valence-electron chi connectivity index (χ4n) is 6.14. The van der Waals surface area contributed by atoms with Gasteiger partial charge in [0.15, 0.2) is 23.7 Å². The first-order valence-electron chi connectivity index (χ1n) is 18.1. The zero-order chi connectivity index (χ0) is 45.0. The zero-order valence-corrected chi connectivity index (χ0v) is 33.1. The van der Waals surface area contributed by atoms with Crippen LogP contribution in [0.5, 0.6) is 17.4 Å². The number of ether oxygens (including phenoxy) is 7. The number of carbonyl (C=O) groups excluding carboxylic acids is 4. The molecular weight excluding hydrogens is 862 g/mol. The quantitative estimate of drug-likeness (QED) is 0.106. The summed E-state index contributed by atoms with van der Waals surface area (Å²) >= 11 is -0.0798. The Morgan fingerprint density at radius 3 is 2.07 bits per heavy atom. The fourth-order valence-corrected chi connectivity index (χ4v) is 7.32. The van der Waals surface area contributed by atoms with Crippen molar-refractivity contribution in [1.29, 1.82) is 0 Å². The fraction of sp³-hybridized carbons (Fsp3) is 0.514. The number of carbonyl (C=O) groups is 4. The minimum atomic E-state index is -6.23. The molecular formula is C37H37F8N3O12S. The van der Waals surface area contributed by atoms with Gasteiger partial charge in [-0.1, -0.05) is 12.1 Å². The van der Waals surface area contributed by atoms with Crippen LogP contribution in [0.3, 0.4) is 0 Å². The van der Waals surface area contributed by atoms with Gasteiger partial charge in [-0.2, -0.15) is 35.1 Å². The van der Waals surface area contributed by atoms with Gasteiger partial charge in [0.2, 0.25) is 18.1 Å². The van der Waals surface area contributed by atoms with Crippen LogP contribution in [0.25, 0.3) is 0 Å². The van der Waals surface area contributed by atoms with Gasteiger partial charge < -0.3 is 43.6 Å². The summed E-state index contributed by atoms with van der Waals surface area (Å²) in [7, 11) is 0. The molecule has 1 amide bonds. The molecule has 1 saturated carbocycles. The number of thiazole rings is 1. The lowest BCUT2D eigenvalue weighted by Gasteiger charge is -2.44. The Morgan fingerprint density at radius 2 is 1.52 bits per heavy atom. The molecule has 334 valence electrons. The van der Waals surface area contributed by atoms with Gasteiger partial charge in [-0.15, -0.1) is 11.3 Å². The number of esters is 3. The highest BCUT2D eigenvalue weighted by Gasteiger charge is 2.73. The summed E-state index contributed by atoms with van der Waals surface area (Å²) in [5.74, 6) is -5.05. The molecule has 2 aromatic heterocycles. The number of nitrogens with one attached hydrogen (secondary N) is 1. The van der Waals surface area contributed by atoms with E-state index in [2.05, 4.69) is 20.0 Å². The second-order valence-corrected chi connectivity index (χ2v) is 14.8. The van der Waals surface area contributed by atoms with E-state index in [4.69, 9.17) is 28.4 Å². The Hall–Kier alpha value is -5.36. The molecule has 1 saturated heterocycles. The molecule has 1 aliphatic carbocycles. The Balaban J connectivity index is 1.51. The molecule has 2 N–H and O–H groups in total. The number of hydrogen-bond acceptors (Lipinski definition) is 15. The number of amides is 1. The number of aromatic nitrogens is 2. The topological polar surface area (TPSA) is 191 Å². The van der Waals surface area contributed by atoms with E-state index in [1.165, 1.54) is 30.5 Å². The van der Waals surface area contributed by atoms with Crippen LogP contribution in [0.1, 0.15) is 67.5 Å². The van der Waals surface area contributed by atoms with Gasteiger partial charge in [0.25, 0.3) is 0 Å². The van der Waals surface area contributed by atoms with Gasteiger partial charge in [-0.05, 0) is 42.5 Å². The summed E-state index contributed by atoms with van der Waals surface area (Å²) in [6.45, 7) is 0.510. The van der Waals surface area contributed by atoms with Crippen molar-refractivity contribution in [2.24, 2.45) is 0 Å². The lowest BCUT2D eigenvalue weighted by Crippen LogP contribution is -2.67. The molecule has 2 fully saturated rings. The summed E-state index contributed by atoms with van der Waals surface area (Å²) in [5.41, 5.74) is -4.90. The van der Waals surface area contributed by atoms with Crippen molar-refractivity contribution in [1.82, 2.24) is 15.3 Å². The number of hydrogen-bond donors (Lipinski definition) is 2. The van der Waals surface area contributed by atoms with Crippen molar-refractivity contribution < 1.29 is 92.6 Å². The van der Waals surface area contributed by atoms with E-state index < -0.39 is 96.6 Å². The third-order valence-corrected chi connectivity index (χ3v) is 10.2. The van der Waals surface area contributed by atoms with Gasteiger partial charge in [-0.3, -0.25) is 19.2 Å². The van der Waals surface area contributed by atoms with Crippen molar-refractivity contribution in [2.75, 3.05) is 6.61 Å². The predicted molar refractivity (Wildman–Crippen MR) is 189 cm³/mol. The monoisotopic (exact) mass is 899 g/mol. The zero-order valence-electron chi connectivity index (χ0n) is 32.3. The Labute approximate surface area is 344 Å². The highest BCUT2D eigenvalue weighted by atomic mass is 32.1. The van der Waals surface area contributed by atoms with Crippen molar-refractivity contribution >= 4 is 35.2 Å². The first-order chi connectivity index (χ1) is 28.5. The molecule has 0 spiro atoms. The van der Waals surface area contributed by atoms with E-state index in [0.29, 0.717) is 12.8 Å². The van der Waals surface area contributed by atoms with Crippen molar-refractivity contribution in [3.05, 3.63) is 63.7 Å². The van der Waals surface area contributed by atoms with Gasteiger partial charge in [0, 0.05) is 57.0 Å². The maximum absolute atomic E-state index is 13.8. The molecule has 1 aliphatic heterocycles. The van der Waals surface area contributed by atoms with Crippen LogP contribution in [0.15, 0.2) is 42.7 Å². The normalized spacial score (nSPS) is 21.2. The summed E-state index contributed by atoms with van der Waals surface area (Å²) in [6, 6.07) is 4.90. The van der Waals surface area contributed by atoms with Gasteiger partial charge >= 0.3 is 42.5 Å². The third-order valence-electron chi connectivity index (χ3n) is 8.95. The van der Waals surface area contributed by atoms with Crippen LogP contribution in [0.4, 0.5) is 35.1 Å². The van der Waals surface area contributed by atoms with Gasteiger partial charge in [0.1, 0.15) is 23.8 Å². The Bertz CT molecular complexity index is 2030. The Morgan fingerprint density at radius 1 is 0.869 bits per heavy atom. The number of halogens is 8. The standard InChI is InChI=1S/C37H37F8N3O12S/c1-16(49)48-29-31(56-19(4)52)30(55-18(3)51)26(15-54-17(2)50)58-32(29)60-28-10-5-20(13-46-28)11-23(21-6-9-24(59-34(38)39)25(12-21)57-22-7-8-22)27-14-47-33(61-27)35(53,36(40,41)42)37(43,44)45/h5-6,9-10,12-14,22-23,26,29-32,34,53H,7-8,11,15H2,1-4H3,(H,48,49)/t23-,26?,29?,30+,31-,32-/m0/s1. The highest BCUT2D eigenvalue weighted by molar-refractivity contribution is 7.11. The minimum absolute atomic E-state index is 0.0798. The third kappa shape index (κ3) is 11.5. The molecule has 1 aromatic carbocycles. The second kappa shape index (κ2) is 18.7. The average Bonchev–Trinajstić information content (AvgIpc) is 3.83. The molecule has 15 nitrogen and oxygen atoms in total. The van der Waals surface area contributed by atoms with Crippen LogP contribution >= 0.6 is 11.3 Å². The van der Waals surface area contributed by atoms with Gasteiger partial charge in [-0.25, -0.2) is 9.97 Å². The molecule has 6 atom stereocenters. The Kier molecular flexibility index (Phi) is 14.3. The highest BCUT2D eigenvalue weighted by Crippen LogP contribution is 2.52. The van der Waals surface area contributed by atoms with Crippen LogP contribution < -0.4 is 19.5 Å². The van der Waals surface area contributed by atoms with Crippen LogP contribution in [0.2, 0.25) is 0 Å². The molecule has 24 heteroatoms. The number of alkyl halides is 8. The summed E-state index contributed by atoms with van der Waals surface area (Å²) in [4.78, 5) is 55.6. The molecule has 3 aromatic rings. The first-order valence-corrected chi connectivity index (χ1v) is 18.9. The summed E-state index contributed by atoms with van der Waals surface area (Å²) < 4.78 is 148. The predicted octanol–water partition coefficient (Wildman–Crippen LogP) is 5.40. The molecule has 61 heavy (non-hydrogen) atoms. The van der Waals surface area contributed by atoms with Crippen molar-refractivity contribution in [2.45, 2.75) is 114 Å². The molecule has 5 rings (SSSR count). The smallest absolute Gasteiger partial charge is 0.433 e. The molecule has 0 bridgehead atoms. The van der Waals surface area contributed by atoms with E-state index in [9.17, 15) is 59.4 Å². The lowest BCUT2D eigenvalue weighted by molar-refractivity contribution is -0.376. The van der Waals surface area contributed by atoms with E-state index >= 15 is 0 Å². The van der Waals surface area contributed by atoms with Crippen molar-refractivity contribution in [3.8, 4) is 17.4 Å². The van der Waals surface area contributed by atoms with Crippen LogP contribution in [-0.4, -0.2) is 101 Å². The molecule has 2 aliphatic rings. The number of nitrogens with zero attached hydrogens (tertiary/aromatic N) is 2. The van der Waals surface area contributed by atoms with Crippen LogP contribution in [-0.2, 0) is 50.1 Å². The maximum Gasteiger partial charge on any atom is 0.433 e. The number of aliphatic hydroxyl groups is 1. The molecule has 3 heterocycles. The minimum Gasteiger partial charge on any atom is -0.487 e. The van der Waals surface area contributed by atoms with E-state index in [0.717, 1.165) is 40.0 Å². The largest absolute Gasteiger partial charge is 0.487 e. The van der Waals surface area contributed by atoms with Gasteiger partial charge in [0.05, 0.1) is 6.10 Å². The lowest BCUT2D eigenvalue weighted by atomic mass is 9.91. The second-order valence-electron chi connectivity index (χ2n) is 13.8. The SMILES string of the molecule is CC(=O)NC1[C@H](Oc2ccc(C[C@@H](c3ccc(OC(F)F)c(OC4CC4)c3)c3cnc(C(O)(C(F)(F)F)C(F)(F)F)s3)cn2)OC(COC(C)=O)[C@@H](OC(C)=O)[C@H]1OC(C)=O. The van der Waals surface area contributed by atoms with E-state index in [-0.39, 0.29) is 57.2 Å². The molecule has 2 unspecified atom stereocenters. The number of pyridine rings is 1. The summed E-state index contributed by atoms with van der Waals surface area (Å²) in [6.07, 6.45) is -15.7. The average molecular weight is 900 g/mol. The molecule has 0 radical (unpaired) electrons.